The van der Waals surface area contributed by atoms with E-state index in [1.807, 2.05) is 31.2 Å². The van der Waals surface area contributed by atoms with Crippen molar-refractivity contribution in [2.24, 2.45) is 0 Å². The molecular weight excluding hydrogens is 455 g/mol. The normalized spacial score (nSPS) is 12.6. The van der Waals surface area contributed by atoms with Gasteiger partial charge in [-0.2, -0.15) is 0 Å². The zero-order chi connectivity index (χ0) is 21.2. The van der Waals surface area contributed by atoms with E-state index in [4.69, 9.17) is 23.2 Å². The summed E-state index contributed by atoms with van der Waals surface area (Å²) in [5, 5.41) is 10.5. The van der Waals surface area contributed by atoms with Crippen molar-refractivity contribution in [2.45, 2.75) is 24.2 Å². The van der Waals surface area contributed by atoms with Gasteiger partial charge in [0.05, 0.1) is 10.6 Å². The number of aromatic nitrogens is 2. The quantitative estimate of drug-likeness (QED) is 0.518. The standard InChI is InChI=1S/C18H16Cl2N4O3S2/c1-10-5-3-4-6-13(10)11(2)24-29(26,27)18-23-22-17(28-18)21-16(25)14-8-7-12(19)9-15(14)20/h3-9,11,24H,1-2H3,(H,21,22,25)/t11-/m1/s1. The van der Waals surface area contributed by atoms with Gasteiger partial charge in [-0.1, -0.05) is 58.8 Å². The second-order valence-corrected chi connectivity index (χ2v) is 9.86. The first kappa shape index (κ1) is 21.7. The third kappa shape index (κ3) is 5.12. The Morgan fingerprint density at radius 3 is 2.55 bits per heavy atom. The van der Waals surface area contributed by atoms with Crippen molar-refractivity contribution in [1.82, 2.24) is 14.9 Å². The van der Waals surface area contributed by atoms with Crippen molar-refractivity contribution in [3.8, 4) is 0 Å². The summed E-state index contributed by atoms with van der Waals surface area (Å²) in [5.74, 6) is -0.548. The van der Waals surface area contributed by atoms with Gasteiger partial charge in [0.15, 0.2) is 0 Å². The molecule has 2 N–H and O–H groups in total. The van der Waals surface area contributed by atoms with E-state index in [-0.39, 0.29) is 20.1 Å². The molecule has 0 bridgehead atoms. The zero-order valence-electron chi connectivity index (χ0n) is 15.3. The van der Waals surface area contributed by atoms with Gasteiger partial charge in [-0.3, -0.25) is 10.1 Å². The van der Waals surface area contributed by atoms with Crippen LogP contribution in [0.3, 0.4) is 0 Å². The van der Waals surface area contributed by atoms with Crippen molar-refractivity contribution in [3.63, 3.8) is 0 Å². The summed E-state index contributed by atoms with van der Waals surface area (Å²) in [6.07, 6.45) is 0. The molecule has 0 fully saturated rings. The minimum absolute atomic E-state index is 0.0323. The maximum Gasteiger partial charge on any atom is 0.270 e. The summed E-state index contributed by atoms with van der Waals surface area (Å²) >= 11 is 12.6. The number of carbonyl (C=O) groups excluding carboxylic acids is 1. The van der Waals surface area contributed by atoms with Gasteiger partial charge in [0, 0.05) is 11.1 Å². The van der Waals surface area contributed by atoms with Gasteiger partial charge >= 0.3 is 0 Å². The van der Waals surface area contributed by atoms with Crippen LogP contribution in [0.15, 0.2) is 46.8 Å². The maximum atomic E-state index is 12.6. The third-order valence-corrected chi connectivity index (χ3v) is 7.31. The lowest BCUT2D eigenvalue weighted by atomic mass is 10.0. The molecule has 1 aromatic heterocycles. The number of nitrogens with one attached hydrogen (secondary N) is 2. The van der Waals surface area contributed by atoms with E-state index in [1.165, 1.54) is 18.2 Å². The number of sulfonamides is 1. The molecule has 0 saturated carbocycles. The Kier molecular flexibility index (Phi) is 6.55. The number of benzene rings is 2. The van der Waals surface area contributed by atoms with Gasteiger partial charge in [0.1, 0.15) is 0 Å². The summed E-state index contributed by atoms with van der Waals surface area (Å²) in [7, 11) is -3.92. The third-order valence-electron chi connectivity index (χ3n) is 4.02. The molecule has 1 atom stereocenters. The highest BCUT2D eigenvalue weighted by Gasteiger charge is 2.24. The zero-order valence-corrected chi connectivity index (χ0v) is 18.5. The highest BCUT2D eigenvalue weighted by Crippen LogP contribution is 2.26. The van der Waals surface area contributed by atoms with Crippen LogP contribution in [-0.4, -0.2) is 24.5 Å². The van der Waals surface area contributed by atoms with Gasteiger partial charge in [0.25, 0.3) is 15.9 Å². The summed E-state index contributed by atoms with van der Waals surface area (Å²) in [6, 6.07) is 11.4. The molecule has 7 nitrogen and oxygen atoms in total. The summed E-state index contributed by atoms with van der Waals surface area (Å²) in [5.41, 5.74) is 2.00. The number of hydrogen-bond acceptors (Lipinski definition) is 6. The van der Waals surface area contributed by atoms with Crippen molar-refractivity contribution in [3.05, 3.63) is 69.2 Å². The predicted molar refractivity (Wildman–Crippen MR) is 114 cm³/mol. The van der Waals surface area contributed by atoms with E-state index >= 15 is 0 Å². The van der Waals surface area contributed by atoms with Gasteiger partial charge < -0.3 is 0 Å². The molecule has 3 aromatic rings. The molecule has 0 radical (unpaired) electrons. The lowest BCUT2D eigenvalue weighted by Gasteiger charge is -2.15. The van der Waals surface area contributed by atoms with E-state index < -0.39 is 22.0 Å². The topological polar surface area (TPSA) is 101 Å². The number of rotatable bonds is 6. The minimum Gasteiger partial charge on any atom is -0.296 e. The summed E-state index contributed by atoms with van der Waals surface area (Å²) in [4.78, 5) is 12.3. The van der Waals surface area contributed by atoms with Crippen LogP contribution in [0.25, 0.3) is 0 Å². The molecule has 0 spiro atoms. The fraction of sp³-hybridized carbons (Fsp3) is 0.167. The van der Waals surface area contributed by atoms with Crippen LogP contribution < -0.4 is 10.0 Å². The Hall–Kier alpha value is -2.04. The second kappa shape index (κ2) is 8.76. The first-order valence-electron chi connectivity index (χ1n) is 8.35. The Morgan fingerprint density at radius 2 is 1.86 bits per heavy atom. The maximum absolute atomic E-state index is 12.6. The lowest BCUT2D eigenvalue weighted by molar-refractivity contribution is 0.102. The molecule has 0 aliphatic heterocycles. The smallest absolute Gasteiger partial charge is 0.270 e. The van der Waals surface area contributed by atoms with Gasteiger partial charge in [-0.25, -0.2) is 13.1 Å². The monoisotopic (exact) mass is 470 g/mol. The lowest BCUT2D eigenvalue weighted by Crippen LogP contribution is -2.27. The predicted octanol–water partition coefficient (Wildman–Crippen LogP) is 4.45. The van der Waals surface area contributed by atoms with Gasteiger partial charge in [-0.05, 0) is 43.2 Å². The average molecular weight is 471 g/mol. The number of anilines is 1. The van der Waals surface area contributed by atoms with Crippen molar-refractivity contribution < 1.29 is 13.2 Å². The molecular formula is C18H16Cl2N4O3S2. The Labute approximate surface area is 182 Å². The number of halogens is 2. The van der Waals surface area contributed by atoms with Crippen molar-refractivity contribution in [2.75, 3.05) is 5.32 Å². The molecule has 0 aliphatic carbocycles. The van der Waals surface area contributed by atoms with E-state index in [2.05, 4.69) is 20.2 Å². The first-order valence-corrected chi connectivity index (χ1v) is 11.4. The first-order chi connectivity index (χ1) is 13.7. The largest absolute Gasteiger partial charge is 0.296 e. The van der Waals surface area contributed by atoms with Gasteiger partial charge in [0.2, 0.25) is 9.47 Å². The highest BCUT2D eigenvalue weighted by molar-refractivity contribution is 7.91. The van der Waals surface area contributed by atoms with E-state index in [9.17, 15) is 13.2 Å². The number of carbonyl (C=O) groups is 1. The average Bonchev–Trinajstić information content (AvgIpc) is 3.11. The van der Waals surface area contributed by atoms with Crippen LogP contribution >= 0.6 is 34.5 Å². The Balaban J connectivity index is 1.74. The van der Waals surface area contributed by atoms with E-state index in [0.29, 0.717) is 5.02 Å². The molecule has 152 valence electrons. The fourth-order valence-corrected chi connectivity index (χ4v) is 5.25. The molecule has 1 heterocycles. The van der Waals surface area contributed by atoms with Crippen molar-refractivity contribution >= 4 is 55.6 Å². The van der Waals surface area contributed by atoms with E-state index in [1.54, 1.807) is 6.92 Å². The Bertz CT molecular complexity index is 1170. The molecule has 11 heteroatoms. The number of nitrogens with zero attached hydrogens (tertiary/aromatic N) is 2. The minimum atomic E-state index is -3.92. The second-order valence-electron chi connectivity index (χ2n) is 6.15. The molecule has 29 heavy (non-hydrogen) atoms. The van der Waals surface area contributed by atoms with Crippen LogP contribution in [0.2, 0.25) is 10.0 Å². The van der Waals surface area contributed by atoms with Crippen LogP contribution in [0.5, 0.6) is 0 Å². The molecule has 1 amide bonds. The highest BCUT2D eigenvalue weighted by atomic mass is 35.5. The Morgan fingerprint density at radius 1 is 1.14 bits per heavy atom. The van der Waals surface area contributed by atoms with Crippen LogP contribution in [0, 0.1) is 6.92 Å². The summed E-state index contributed by atoms with van der Waals surface area (Å²) in [6.45, 7) is 3.65. The van der Waals surface area contributed by atoms with Crippen LogP contribution in [0.4, 0.5) is 5.13 Å². The van der Waals surface area contributed by atoms with Crippen molar-refractivity contribution in [1.29, 1.82) is 0 Å². The molecule has 2 aromatic carbocycles. The number of amides is 1. The number of hydrogen-bond donors (Lipinski definition) is 2. The fourth-order valence-electron chi connectivity index (χ4n) is 2.63. The van der Waals surface area contributed by atoms with Crippen LogP contribution in [0.1, 0.15) is 34.5 Å². The molecule has 0 saturated heterocycles. The summed E-state index contributed by atoms with van der Waals surface area (Å²) < 4.78 is 27.6. The van der Waals surface area contributed by atoms with Crippen LogP contribution in [-0.2, 0) is 10.0 Å². The van der Waals surface area contributed by atoms with E-state index in [0.717, 1.165) is 22.5 Å². The SMILES string of the molecule is Cc1ccccc1[C@@H](C)NS(=O)(=O)c1nnc(NC(=O)c2ccc(Cl)cc2Cl)s1. The molecule has 0 aliphatic rings. The molecule has 0 unspecified atom stereocenters. The number of aryl methyl sites for hydroxylation is 1. The van der Waals surface area contributed by atoms with Gasteiger partial charge in [-0.15, -0.1) is 10.2 Å². The molecule has 3 rings (SSSR count).